The van der Waals surface area contributed by atoms with Crippen molar-refractivity contribution in [1.82, 2.24) is 8.61 Å². The van der Waals surface area contributed by atoms with Gasteiger partial charge in [0.1, 0.15) is 5.75 Å². The third-order valence-corrected chi connectivity index (χ3v) is 11.1. The van der Waals surface area contributed by atoms with Crippen LogP contribution in [-0.4, -0.2) is 71.8 Å². The Hall–Kier alpha value is -2.14. The van der Waals surface area contributed by atoms with Gasteiger partial charge in [0.2, 0.25) is 20.0 Å². The summed E-state index contributed by atoms with van der Waals surface area (Å²) in [7, 11) is -5.66. The van der Waals surface area contributed by atoms with E-state index in [0.717, 1.165) is 37.7 Å². The highest BCUT2D eigenvalue weighted by atomic mass is 32.2. The van der Waals surface area contributed by atoms with Crippen LogP contribution in [0.15, 0.2) is 52.3 Å². The molecule has 2 heterocycles. The predicted octanol–water partition coefficient (Wildman–Crippen LogP) is 3.97. The smallest absolute Gasteiger partial charge is 0.243 e. The van der Waals surface area contributed by atoms with Gasteiger partial charge in [-0.25, -0.2) is 16.8 Å². The van der Waals surface area contributed by atoms with Gasteiger partial charge >= 0.3 is 0 Å². The number of anilines is 1. The molecule has 4 rings (SSSR count). The maximum Gasteiger partial charge on any atom is 0.243 e. The number of unbranched alkanes of at least 4 members (excludes halogenated alkanes) is 1. The van der Waals surface area contributed by atoms with Crippen molar-refractivity contribution in [3.8, 4) is 5.75 Å². The number of piperazine rings is 1. The molecule has 0 spiro atoms. The Morgan fingerprint density at radius 3 is 2.14 bits per heavy atom. The lowest BCUT2D eigenvalue weighted by Gasteiger charge is -2.36. The number of hydrogen-bond acceptors (Lipinski definition) is 6. The first-order valence-corrected chi connectivity index (χ1v) is 16.1. The highest BCUT2D eigenvalue weighted by Gasteiger charge is 2.32. The van der Waals surface area contributed by atoms with Gasteiger partial charge in [-0.15, -0.1) is 0 Å². The van der Waals surface area contributed by atoms with Crippen molar-refractivity contribution in [2.24, 2.45) is 5.92 Å². The SMILES string of the molecule is CCCCc1ccc(S(=O)(=O)N2CCN(c3cc(S(=O)(=O)N4CCCC(C)C4)ccc3OC)CC2)cc1. The summed E-state index contributed by atoms with van der Waals surface area (Å²) in [4.78, 5) is 2.56. The van der Waals surface area contributed by atoms with E-state index in [0.29, 0.717) is 61.5 Å². The minimum absolute atomic E-state index is 0.246. The second-order valence-corrected chi connectivity index (χ2v) is 14.0. The van der Waals surface area contributed by atoms with Gasteiger partial charge in [0, 0.05) is 39.3 Å². The van der Waals surface area contributed by atoms with E-state index in [4.69, 9.17) is 4.74 Å². The molecule has 1 unspecified atom stereocenters. The van der Waals surface area contributed by atoms with Crippen molar-refractivity contribution in [1.29, 1.82) is 0 Å². The number of nitrogens with zero attached hydrogens (tertiary/aromatic N) is 3. The molecule has 0 saturated carbocycles. The first-order chi connectivity index (χ1) is 17.7. The van der Waals surface area contributed by atoms with E-state index in [9.17, 15) is 16.8 Å². The van der Waals surface area contributed by atoms with Crippen LogP contribution in [-0.2, 0) is 26.5 Å². The van der Waals surface area contributed by atoms with Gasteiger partial charge in [0.25, 0.3) is 0 Å². The fourth-order valence-electron chi connectivity index (χ4n) is 5.12. The van der Waals surface area contributed by atoms with Crippen molar-refractivity contribution >= 4 is 25.7 Å². The summed E-state index contributed by atoms with van der Waals surface area (Å²) < 4.78 is 61.9. The Kier molecular flexibility index (Phi) is 8.83. The topological polar surface area (TPSA) is 87.2 Å². The highest BCUT2D eigenvalue weighted by molar-refractivity contribution is 7.89. The lowest BCUT2D eigenvalue weighted by molar-refractivity contribution is 0.281. The largest absolute Gasteiger partial charge is 0.495 e. The first-order valence-electron chi connectivity index (χ1n) is 13.2. The van der Waals surface area contributed by atoms with Gasteiger partial charge in [-0.05, 0) is 67.5 Å². The molecule has 0 amide bonds. The fraction of sp³-hybridized carbons (Fsp3) is 0.556. The predicted molar refractivity (Wildman–Crippen MR) is 146 cm³/mol. The van der Waals surface area contributed by atoms with Crippen LogP contribution < -0.4 is 9.64 Å². The van der Waals surface area contributed by atoms with Crippen LogP contribution in [0.2, 0.25) is 0 Å². The van der Waals surface area contributed by atoms with E-state index < -0.39 is 20.0 Å². The summed E-state index contributed by atoms with van der Waals surface area (Å²) in [6.07, 6.45) is 5.03. The zero-order chi connectivity index (χ0) is 26.6. The monoisotopic (exact) mass is 549 g/mol. The van der Waals surface area contributed by atoms with Crippen LogP contribution in [0.4, 0.5) is 5.69 Å². The molecular formula is C27H39N3O5S2. The quantitative estimate of drug-likeness (QED) is 0.471. The fourth-order valence-corrected chi connectivity index (χ4v) is 8.16. The number of ether oxygens (including phenoxy) is 1. The van der Waals surface area contributed by atoms with Gasteiger partial charge in [0.05, 0.1) is 22.6 Å². The molecule has 0 aromatic heterocycles. The normalized spacial score (nSPS) is 20.2. The summed E-state index contributed by atoms with van der Waals surface area (Å²) >= 11 is 0. The molecule has 1 atom stereocenters. The van der Waals surface area contributed by atoms with Crippen LogP contribution >= 0.6 is 0 Å². The number of piperidine rings is 1. The minimum atomic E-state index is -3.62. The third-order valence-electron chi connectivity index (χ3n) is 7.37. The Balaban J connectivity index is 1.49. The average Bonchev–Trinajstić information content (AvgIpc) is 2.91. The molecule has 37 heavy (non-hydrogen) atoms. The van der Waals surface area contributed by atoms with Gasteiger partial charge in [0.15, 0.2) is 0 Å². The Bertz CT molecular complexity index is 1270. The summed E-state index contributed by atoms with van der Waals surface area (Å²) in [5.41, 5.74) is 1.82. The number of benzene rings is 2. The Labute approximate surface area is 222 Å². The van der Waals surface area contributed by atoms with Crippen molar-refractivity contribution in [2.75, 3.05) is 51.3 Å². The van der Waals surface area contributed by atoms with Gasteiger partial charge in [-0.2, -0.15) is 8.61 Å². The summed E-state index contributed by atoms with van der Waals surface area (Å²) in [5, 5.41) is 0. The molecule has 2 saturated heterocycles. The lowest BCUT2D eigenvalue weighted by Crippen LogP contribution is -2.48. The molecule has 2 aliphatic heterocycles. The average molecular weight is 550 g/mol. The third kappa shape index (κ3) is 6.13. The van der Waals surface area contributed by atoms with Crippen LogP contribution in [0.1, 0.15) is 45.1 Å². The van der Waals surface area contributed by atoms with E-state index in [2.05, 4.69) is 13.8 Å². The molecular weight excluding hydrogens is 510 g/mol. The van der Waals surface area contributed by atoms with E-state index >= 15 is 0 Å². The zero-order valence-corrected chi connectivity index (χ0v) is 23.7. The standard InChI is InChI=1S/C27H39N3O5S2/c1-4-5-8-23-9-11-24(12-10-23)36(31,32)29-18-16-28(17-19-29)26-20-25(13-14-27(26)35-3)37(33,34)30-15-6-7-22(2)21-30/h9-14,20,22H,4-8,15-19,21H2,1-3H3. The van der Waals surface area contributed by atoms with Crippen LogP contribution in [0.3, 0.4) is 0 Å². The van der Waals surface area contributed by atoms with Gasteiger partial charge < -0.3 is 9.64 Å². The molecule has 2 aromatic rings. The lowest BCUT2D eigenvalue weighted by atomic mass is 10.0. The molecule has 2 aromatic carbocycles. The van der Waals surface area contributed by atoms with Gasteiger partial charge in [-0.3, -0.25) is 0 Å². The molecule has 10 heteroatoms. The molecule has 0 bridgehead atoms. The maximum absolute atomic E-state index is 13.4. The number of methoxy groups -OCH3 is 1. The van der Waals surface area contributed by atoms with Crippen molar-refractivity contribution in [3.63, 3.8) is 0 Å². The summed E-state index contributed by atoms with van der Waals surface area (Å²) in [5.74, 6) is 0.911. The Morgan fingerprint density at radius 1 is 0.865 bits per heavy atom. The van der Waals surface area contributed by atoms with Crippen LogP contribution in [0.25, 0.3) is 0 Å². The van der Waals surface area contributed by atoms with E-state index in [1.807, 2.05) is 17.0 Å². The molecule has 2 aliphatic rings. The Morgan fingerprint density at radius 2 is 1.51 bits per heavy atom. The first kappa shape index (κ1) is 27.9. The summed E-state index contributed by atoms with van der Waals surface area (Å²) in [6, 6.07) is 12.2. The van der Waals surface area contributed by atoms with E-state index in [1.165, 1.54) is 4.31 Å². The number of aryl methyl sites for hydroxylation is 1. The zero-order valence-electron chi connectivity index (χ0n) is 22.1. The van der Waals surface area contributed by atoms with Crippen molar-refractivity contribution in [3.05, 3.63) is 48.0 Å². The molecule has 0 radical (unpaired) electrons. The highest BCUT2D eigenvalue weighted by Crippen LogP contribution is 2.34. The molecule has 0 N–H and O–H groups in total. The van der Waals surface area contributed by atoms with E-state index in [-0.39, 0.29) is 4.90 Å². The number of sulfonamides is 2. The van der Waals surface area contributed by atoms with Crippen LogP contribution in [0.5, 0.6) is 5.75 Å². The van der Waals surface area contributed by atoms with Gasteiger partial charge in [-0.1, -0.05) is 32.4 Å². The molecule has 0 aliphatic carbocycles. The molecule has 204 valence electrons. The van der Waals surface area contributed by atoms with E-state index in [1.54, 1.807) is 41.7 Å². The minimum Gasteiger partial charge on any atom is -0.495 e. The number of hydrogen-bond donors (Lipinski definition) is 0. The van der Waals surface area contributed by atoms with Crippen molar-refractivity contribution in [2.45, 2.75) is 55.7 Å². The number of rotatable bonds is 9. The second kappa shape index (κ2) is 11.7. The molecule has 8 nitrogen and oxygen atoms in total. The van der Waals surface area contributed by atoms with Crippen molar-refractivity contribution < 1.29 is 21.6 Å². The maximum atomic E-state index is 13.4. The summed E-state index contributed by atoms with van der Waals surface area (Å²) in [6.45, 7) is 6.77. The molecule has 2 fully saturated rings. The van der Waals surface area contributed by atoms with Crippen LogP contribution in [0, 0.1) is 5.92 Å². The second-order valence-electron chi connectivity index (χ2n) is 10.1.